The summed E-state index contributed by atoms with van der Waals surface area (Å²) in [4.78, 5) is 0. The minimum atomic E-state index is 0.806. The molecule has 0 bridgehead atoms. The van der Waals surface area contributed by atoms with Gasteiger partial charge in [-0.2, -0.15) is 0 Å². The van der Waals surface area contributed by atoms with Gasteiger partial charge in [0.1, 0.15) is 12.2 Å². The lowest BCUT2D eigenvalue weighted by Crippen LogP contribution is -2.21. The van der Waals surface area contributed by atoms with E-state index in [4.69, 9.17) is 11.6 Å². The van der Waals surface area contributed by atoms with Gasteiger partial charge in [0.15, 0.2) is 0 Å². The molecule has 0 radical (unpaired) electrons. The average Bonchev–Trinajstić information content (AvgIpc) is 2.84. The van der Waals surface area contributed by atoms with Gasteiger partial charge < -0.3 is 9.88 Å². The van der Waals surface area contributed by atoms with Gasteiger partial charge in [0.2, 0.25) is 0 Å². The molecule has 1 aromatic heterocycles. The van der Waals surface area contributed by atoms with Crippen LogP contribution in [0.25, 0.3) is 0 Å². The minimum Gasteiger partial charge on any atom is -0.316 e. The van der Waals surface area contributed by atoms with Crippen LogP contribution in [0.3, 0.4) is 0 Å². The summed E-state index contributed by atoms with van der Waals surface area (Å²) in [6.45, 7) is 8.94. The minimum absolute atomic E-state index is 0.806. The maximum Gasteiger partial charge on any atom is 0.132 e. The zero-order chi connectivity index (χ0) is 14.5. The summed E-state index contributed by atoms with van der Waals surface area (Å²) < 4.78 is 2.09. The molecule has 0 saturated carbocycles. The second kappa shape index (κ2) is 6.86. The van der Waals surface area contributed by atoms with Crippen molar-refractivity contribution in [1.29, 1.82) is 0 Å². The largest absolute Gasteiger partial charge is 0.316 e. The van der Waals surface area contributed by atoms with Crippen LogP contribution in [0.5, 0.6) is 0 Å². The van der Waals surface area contributed by atoms with Gasteiger partial charge in [-0.1, -0.05) is 18.5 Å². The van der Waals surface area contributed by atoms with Crippen molar-refractivity contribution in [2.75, 3.05) is 6.54 Å². The van der Waals surface area contributed by atoms with Crippen LogP contribution in [0, 0.1) is 13.8 Å². The molecular weight excluding hydrogens is 272 g/mol. The first-order valence-corrected chi connectivity index (χ1v) is 7.32. The van der Waals surface area contributed by atoms with Gasteiger partial charge in [-0.05, 0) is 42.7 Å². The van der Waals surface area contributed by atoms with Crippen LogP contribution in [0.4, 0.5) is 0 Å². The first-order valence-electron chi connectivity index (χ1n) is 6.94. The molecule has 20 heavy (non-hydrogen) atoms. The van der Waals surface area contributed by atoms with E-state index in [1.165, 1.54) is 16.7 Å². The summed E-state index contributed by atoms with van der Waals surface area (Å²) in [5.74, 6) is 1.03. The van der Waals surface area contributed by atoms with E-state index in [9.17, 15) is 0 Å². The Bertz CT molecular complexity index is 554. The van der Waals surface area contributed by atoms with Crippen molar-refractivity contribution in [3.05, 3.63) is 46.0 Å². The summed E-state index contributed by atoms with van der Waals surface area (Å²) in [7, 11) is 0. The quantitative estimate of drug-likeness (QED) is 0.833. The van der Waals surface area contributed by atoms with Crippen LogP contribution in [0.15, 0.2) is 18.5 Å². The number of nitrogens with zero attached hydrogens (tertiary/aromatic N) is 3. The molecule has 0 aliphatic heterocycles. The van der Waals surface area contributed by atoms with Crippen LogP contribution in [0.1, 0.15) is 29.4 Å². The van der Waals surface area contributed by atoms with Gasteiger partial charge in [-0.3, -0.25) is 0 Å². The van der Waals surface area contributed by atoms with Crippen molar-refractivity contribution in [3.8, 4) is 0 Å². The predicted octanol–water partition coefficient (Wildman–Crippen LogP) is 2.90. The molecule has 0 saturated heterocycles. The van der Waals surface area contributed by atoms with Crippen LogP contribution in [-0.2, 0) is 19.5 Å². The Labute approximate surface area is 125 Å². The highest BCUT2D eigenvalue weighted by Crippen LogP contribution is 2.19. The third-order valence-electron chi connectivity index (χ3n) is 3.50. The number of rotatable bonds is 6. The third-order valence-corrected chi connectivity index (χ3v) is 3.72. The second-order valence-electron chi connectivity index (χ2n) is 4.99. The van der Waals surface area contributed by atoms with E-state index >= 15 is 0 Å². The number of aromatic nitrogens is 3. The molecule has 0 aliphatic rings. The molecule has 0 atom stereocenters. The Morgan fingerprint density at radius 3 is 2.60 bits per heavy atom. The lowest BCUT2D eigenvalue weighted by atomic mass is 10.0. The van der Waals surface area contributed by atoms with Crippen molar-refractivity contribution >= 4 is 11.6 Å². The molecule has 0 aliphatic carbocycles. The highest BCUT2D eigenvalue weighted by molar-refractivity contribution is 6.30. The molecule has 0 fully saturated rings. The van der Waals surface area contributed by atoms with E-state index < -0.39 is 0 Å². The van der Waals surface area contributed by atoms with E-state index in [-0.39, 0.29) is 0 Å². The van der Waals surface area contributed by atoms with E-state index in [2.05, 4.69) is 40.9 Å². The Kier molecular flexibility index (Phi) is 5.15. The molecule has 5 heteroatoms. The normalized spacial score (nSPS) is 11.0. The van der Waals surface area contributed by atoms with Crippen molar-refractivity contribution in [1.82, 2.24) is 20.1 Å². The average molecular weight is 293 g/mol. The maximum atomic E-state index is 6.05. The number of aryl methyl sites for hydroxylation is 3. The van der Waals surface area contributed by atoms with Crippen LogP contribution >= 0.6 is 11.6 Å². The van der Waals surface area contributed by atoms with Crippen LogP contribution in [0.2, 0.25) is 5.02 Å². The molecule has 2 aromatic rings. The molecule has 2 rings (SSSR count). The van der Waals surface area contributed by atoms with Gasteiger partial charge in [0, 0.05) is 31.1 Å². The number of nitrogens with one attached hydrogen (secondary N) is 1. The monoisotopic (exact) mass is 292 g/mol. The Hall–Kier alpha value is -1.39. The number of benzene rings is 1. The summed E-state index contributed by atoms with van der Waals surface area (Å²) in [6.07, 6.45) is 2.70. The Morgan fingerprint density at radius 1 is 1.25 bits per heavy atom. The Balaban J connectivity index is 1.88. The molecule has 0 spiro atoms. The highest BCUT2D eigenvalue weighted by Gasteiger charge is 2.05. The molecule has 0 amide bonds. The first kappa shape index (κ1) is 15.0. The van der Waals surface area contributed by atoms with Crippen molar-refractivity contribution in [2.24, 2.45) is 0 Å². The summed E-state index contributed by atoms with van der Waals surface area (Å²) >= 11 is 6.05. The fourth-order valence-electron chi connectivity index (χ4n) is 2.37. The maximum absolute atomic E-state index is 6.05. The van der Waals surface area contributed by atoms with Crippen LogP contribution < -0.4 is 5.32 Å². The summed E-state index contributed by atoms with van der Waals surface area (Å²) in [5, 5.41) is 12.3. The summed E-state index contributed by atoms with van der Waals surface area (Å²) in [6, 6.07) is 4.03. The second-order valence-corrected chi connectivity index (χ2v) is 5.43. The molecule has 1 heterocycles. The van der Waals surface area contributed by atoms with Gasteiger partial charge in [0.05, 0.1) is 0 Å². The smallest absolute Gasteiger partial charge is 0.132 e. The Morgan fingerprint density at radius 2 is 1.95 bits per heavy atom. The van der Waals surface area contributed by atoms with Gasteiger partial charge >= 0.3 is 0 Å². The van der Waals surface area contributed by atoms with E-state index in [1.54, 1.807) is 6.33 Å². The molecule has 0 unspecified atom stereocenters. The van der Waals surface area contributed by atoms with Gasteiger partial charge in [-0.25, -0.2) is 0 Å². The molecule has 4 nitrogen and oxygen atoms in total. The van der Waals surface area contributed by atoms with Crippen molar-refractivity contribution in [3.63, 3.8) is 0 Å². The van der Waals surface area contributed by atoms with Crippen LogP contribution in [-0.4, -0.2) is 21.3 Å². The molecule has 1 N–H and O–H groups in total. The zero-order valence-electron chi connectivity index (χ0n) is 12.3. The fourth-order valence-corrected chi connectivity index (χ4v) is 2.70. The number of halogens is 1. The molecular formula is C15H21ClN4. The number of hydrogen-bond acceptors (Lipinski definition) is 3. The predicted molar refractivity (Wildman–Crippen MR) is 82.0 cm³/mol. The molecule has 108 valence electrons. The standard InChI is InChI=1S/C15H21ClN4/c1-4-15-19-18-10-20(15)6-5-17-9-14-11(2)7-13(16)8-12(14)3/h7-8,10,17H,4-6,9H2,1-3H3. The number of hydrogen-bond donors (Lipinski definition) is 1. The molecule has 1 aromatic carbocycles. The lowest BCUT2D eigenvalue weighted by molar-refractivity contribution is 0.579. The fraction of sp³-hybridized carbons (Fsp3) is 0.467. The first-order chi connectivity index (χ1) is 9.61. The van der Waals surface area contributed by atoms with Crippen molar-refractivity contribution < 1.29 is 0 Å². The van der Waals surface area contributed by atoms with Gasteiger partial charge in [-0.15, -0.1) is 10.2 Å². The summed E-state index contributed by atoms with van der Waals surface area (Å²) in [5.41, 5.74) is 3.80. The zero-order valence-corrected chi connectivity index (χ0v) is 13.0. The van der Waals surface area contributed by atoms with E-state index in [1.807, 2.05) is 12.1 Å². The van der Waals surface area contributed by atoms with E-state index in [0.29, 0.717) is 0 Å². The van der Waals surface area contributed by atoms with Gasteiger partial charge in [0.25, 0.3) is 0 Å². The SMILES string of the molecule is CCc1nncn1CCNCc1c(C)cc(Cl)cc1C. The van der Waals surface area contributed by atoms with Crippen molar-refractivity contribution in [2.45, 2.75) is 40.3 Å². The topological polar surface area (TPSA) is 42.7 Å². The lowest BCUT2D eigenvalue weighted by Gasteiger charge is -2.12. The highest BCUT2D eigenvalue weighted by atomic mass is 35.5. The van der Waals surface area contributed by atoms with E-state index in [0.717, 1.165) is 36.9 Å². The third kappa shape index (κ3) is 3.58.